The maximum atomic E-state index is 13.9. The van der Waals surface area contributed by atoms with Crippen LogP contribution in [0.25, 0.3) is 0 Å². The van der Waals surface area contributed by atoms with Crippen LogP contribution in [0.3, 0.4) is 0 Å². The zero-order chi connectivity index (χ0) is 42.7. The lowest BCUT2D eigenvalue weighted by Crippen LogP contribution is -2.78. The molecular formula is C43H60O14. The van der Waals surface area contributed by atoms with Crippen LogP contribution in [0.4, 0.5) is 0 Å². The van der Waals surface area contributed by atoms with Crippen LogP contribution in [-0.4, -0.2) is 99.8 Å². The van der Waals surface area contributed by atoms with Crippen molar-refractivity contribution in [1.82, 2.24) is 0 Å². The molecule has 2 saturated heterocycles. The van der Waals surface area contributed by atoms with E-state index < -0.39 is 84.3 Å². The van der Waals surface area contributed by atoms with Gasteiger partial charge in [-0.2, -0.15) is 0 Å². The molecule has 316 valence electrons. The van der Waals surface area contributed by atoms with Gasteiger partial charge >= 0.3 is 29.8 Å². The minimum absolute atomic E-state index is 0.0600. The maximum absolute atomic E-state index is 13.9. The molecule has 2 bridgehead atoms. The Morgan fingerprint density at radius 1 is 1.04 bits per heavy atom. The number of hydrogen-bond donors (Lipinski definition) is 3. The van der Waals surface area contributed by atoms with E-state index in [-0.39, 0.29) is 30.8 Å². The van der Waals surface area contributed by atoms with E-state index in [1.165, 1.54) is 6.92 Å². The fourth-order valence-corrected chi connectivity index (χ4v) is 7.28. The van der Waals surface area contributed by atoms with Gasteiger partial charge in [0.2, 0.25) is 23.1 Å². The Hall–Kier alpha value is -4.37. The second-order valence-corrected chi connectivity index (χ2v) is 15.7. The van der Waals surface area contributed by atoms with Gasteiger partial charge < -0.3 is 43.7 Å². The van der Waals surface area contributed by atoms with Gasteiger partial charge in [0.25, 0.3) is 0 Å². The Balaban J connectivity index is 2.15. The second kappa shape index (κ2) is 20.4. The minimum atomic E-state index is -3.60. The number of hydrogen-bond acceptors (Lipinski definition) is 13. The van der Waals surface area contributed by atoms with Crippen molar-refractivity contribution in [3.63, 3.8) is 0 Å². The van der Waals surface area contributed by atoms with Crippen molar-refractivity contribution >= 4 is 29.8 Å². The summed E-state index contributed by atoms with van der Waals surface area (Å²) in [5.41, 5.74) is -5.73. The predicted octanol–water partition coefficient (Wildman–Crippen LogP) is 5.03. The number of aliphatic hydroxyl groups is 2. The van der Waals surface area contributed by atoms with Crippen molar-refractivity contribution in [2.45, 2.75) is 128 Å². The molecule has 2 heterocycles. The first-order chi connectivity index (χ1) is 26.8. The lowest BCUT2D eigenvalue weighted by Gasteiger charge is -2.49. The summed E-state index contributed by atoms with van der Waals surface area (Å²) in [6.45, 7) is 19.6. The highest BCUT2D eigenvalue weighted by atomic mass is 16.8. The molecule has 14 nitrogen and oxygen atoms in total. The number of ether oxygens (including phenoxy) is 6. The summed E-state index contributed by atoms with van der Waals surface area (Å²) in [6, 6.07) is 9.44. The molecule has 1 aromatic rings. The number of aliphatic hydroxyl groups excluding tert-OH is 1. The summed E-state index contributed by atoms with van der Waals surface area (Å²) in [4.78, 5) is 67.1. The molecule has 2 fully saturated rings. The Kier molecular flexibility index (Phi) is 16.8. The Morgan fingerprint density at radius 2 is 1.70 bits per heavy atom. The molecular weight excluding hydrogens is 740 g/mol. The molecule has 3 N–H and O–H groups in total. The highest BCUT2D eigenvalue weighted by molar-refractivity contribution is 5.99. The molecule has 0 saturated carbocycles. The van der Waals surface area contributed by atoms with Crippen molar-refractivity contribution in [3.05, 3.63) is 72.9 Å². The maximum Gasteiger partial charge on any atom is 0.345 e. The molecule has 57 heavy (non-hydrogen) atoms. The second-order valence-electron chi connectivity index (χ2n) is 15.7. The van der Waals surface area contributed by atoms with Crippen LogP contribution in [0.5, 0.6) is 0 Å². The number of carbonyl (C=O) groups excluding carboxylic acids is 4. The fraction of sp³-hybridized carbons (Fsp3) is 0.605. The fourth-order valence-electron chi connectivity index (χ4n) is 7.28. The quantitative estimate of drug-likeness (QED) is 0.0610. The van der Waals surface area contributed by atoms with E-state index in [9.17, 15) is 39.3 Å². The first kappa shape index (κ1) is 47.0. The number of allylic oxidation sites excluding steroid dienone is 1. The van der Waals surface area contributed by atoms with Crippen LogP contribution in [0.15, 0.2) is 67.3 Å². The summed E-state index contributed by atoms with van der Waals surface area (Å²) in [5.74, 6) is -9.44. The van der Waals surface area contributed by atoms with E-state index in [1.807, 2.05) is 65.0 Å². The number of esters is 4. The van der Waals surface area contributed by atoms with Crippen LogP contribution in [-0.2, 0) is 58.8 Å². The number of benzene rings is 1. The summed E-state index contributed by atoms with van der Waals surface area (Å²) in [6.07, 6.45) is -2.42. The number of aliphatic carboxylic acids is 1. The van der Waals surface area contributed by atoms with Gasteiger partial charge in [-0.05, 0) is 54.6 Å². The standard InChI is InChI=1S/C43H60O14/c1-10-22-53-40(50)42(51)37(38(47)52-23-20-26(3)4)56-41(21-19-29(7)34(54-31(9)44)30(8)25-32-15-13-12-14-16-32)35(46)36(43(42,57-41)39(48)49)55-33(45)18-17-28(6)24-27(5)11-2/h10,12-18,26-28,30,34-37,46,51H,1,7,11,19-25H2,2-6,8-9H3,(H,48,49)/b18-17+/t27-,28+,30+,34+,35+,36+,37?,41?,42?,43?/m0/s1. The van der Waals surface area contributed by atoms with E-state index in [2.05, 4.69) is 20.1 Å². The van der Waals surface area contributed by atoms with Gasteiger partial charge in [-0.1, -0.05) is 104 Å². The average molecular weight is 801 g/mol. The Morgan fingerprint density at radius 3 is 2.28 bits per heavy atom. The normalized spacial score (nSPS) is 27.5. The van der Waals surface area contributed by atoms with Gasteiger partial charge in [0, 0.05) is 25.3 Å². The zero-order valence-corrected chi connectivity index (χ0v) is 34.1. The first-order valence-corrected chi connectivity index (χ1v) is 19.5. The number of fused-ring (bicyclic) bond motifs is 2. The third kappa shape index (κ3) is 10.8. The average Bonchev–Trinajstić information content (AvgIpc) is 3.37. The molecule has 10 atom stereocenters. The SMILES string of the molecule is C=CCOC(=O)C1(O)C(C(=O)OCCC(C)C)OC2(CCC(=C)[C@@H](OC(C)=O)[C@H](C)Cc3ccccc3)OC1(C(=O)O)[C@H](OC(=O)/C=C/[C@@H](C)C[C@@H](C)CC)[C@H]2O. The molecule has 4 unspecified atom stereocenters. The van der Waals surface area contributed by atoms with Crippen LogP contribution in [0.1, 0.15) is 86.1 Å². The van der Waals surface area contributed by atoms with Gasteiger partial charge in [-0.25, -0.2) is 19.2 Å². The van der Waals surface area contributed by atoms with Crippen LogP contribution in [0, 0.1) is 23.7 Å². The monoisotopic (exact) mass is 800 g/mol. The molecule has 0 spiro atoms. The third-order valence-corrected chi connectivity index (χ3v) is 10.5. The van der Waals surface area contributed by atoms with E-state index in [0.29, 0.717) is 24.3 Å². The van der Waals surface area contributed by atoms with Crippen LogP contribution >= 0.6 is 0 Å². The molecule has 3 rings (SSSR count). The van der Waals surface area contributed by atoms with Crippen molar-refractivity contribution < 1.29 is 67.7 Å². The molecule has 0 aliphatic carbocycles. The smallest absolute Gasteiger partial charge is 0.345 e. The summed E-state index contributed by atoms with van der Waals surface area (Å²) < 4.78 is 34.0. The lowest BCUT2D eigenvalue weighted by molar-refractivity contribution is -0.375. The number of carboxylic acids is 1. The molecule has 1 aromatic carbocycles. The van der Waals surface area contributed by atoms with Gasteiger partial charge in [0.15, 0.2) is 6.10 Å². The highest BCUT2D eigenvalue weighted by Gasteiger charge is 2.86. The van der Waals surface area contributed by atoms with Crippen molar-refractivity contribution in [2.24, 2.45) is 23.7 Å². The van der Waals surface area contributed by atoms with E-state index in [0.717, 1.165) is 30.6 Å². The Bertz CT molecular complexity index is 1620. The minimum Gasteiger partial charge on any atom is -0.479 e. The topological polar surface area (TPSA) is 201 Å². The van der Waals surface area contributed by atoms with Crippen molar-refractivity contribution in [2.75, 3.05) is 13.2 Å². The molecule has 2 aliphatic rings. The number of carboxylic acid groups (broad SMARTS) is 1. The molecule has 0 aromatic heterocycles. The van der Waals surface area contributed by atoms with E-state index in [4.69, 9.17) is 28.4 Å². The highest BCUT2D eigenvalue weighted by Crippen LogP contribution is 2.56. The lowest BCUT2D eigenvalue weighted by atomic mass is 9.74. The van der Waals surface area contributed by atoms with Crippen molar-refractivity contribution in [3.8, 4) is 0 Å². The van der Waals surface area contributed by atoms with Crippen molar-refractivity contribution in [1.29, 1.82) is 0 Å². The summed E-state index contributed by atoms with van der Waals surface area (Å²) in [7, 11) is 0. The number of rotatable bonds is 22. The molecule has 14 heteroatoms. The summed E-state index contributed by atoms with van der Waals surface area (Å²) in [5, 5.41) is 35.5. The van der Waals surface area contributed by atoms with Gasteiger partial charge in [-0.3, -0.25) is 4.79 Å². The molecule has 0 radical (unpaired) electrons. The van der Waals surface area contributed by atoms with Gasteiger partial charge in [0.05, 0.1) is 6.61 Å². The largest absolute Gasteiger partial charge is 0.479 e. The van der Waals surface area contributed by atoms with E-state index in [1.54, 1.807) is 6.08 Å². The van der Waals surface area contributed by atoms with Crippen LogP contribution < -0.4 is 0 Å². The zero-order valence-electron chi connectivity index (χ0n) is 34.1. The number of carbonyl (C=O) groups is 5. The van der Waals surface area contributed by atoms with E-state index >= 15 is 0 Å². The molecule has 2 aliphatic heterocycles. The molecule has 0 amide bonds. The van der Waals surface area contributed by atoms with Gasteiger partial charge in [-0.15, -0.1) is 0 Å². The Labute approximate surface area is 335 Å². The van der Waals surface area contributed by atoms with Gasteiger partial charge in [0.1, 0.15) is 18.8 Å². The third-order valence-electron chi connectivity index (χ3n) is 10.5. The first-order valence-electron chi connectivity index (χ1n) is 19.5. The van der Waals surface area contributed by atoms with Crippen LogP contribution in [0.2, 0.25) is 0 Å². The summed E-state index contributed by atoms with van der Waals surface area (Å²) >= 11 is 0. The predicted molar refractivity (Wildman–Crippen MR) is 207 cm³/mol.